The van der Waals surface area contributed by atoms with Crippen LogP contribution in [0.2, 0.25) is 5.02 Å². The van der Waals surface area contributed by atoms with Crippen molar-refractivity contribution in [3.63, 3.8) is 0 Å². The fourth-order valence-corrected chi connectivity index (χ4v) is 2.55. The molecule has 0 heterocycles. The van der Waals surface area contributed by atoms with E-state index in [9.17, 15) is 0 Å². The number of benzene rings is 1. The summed E-state index contributed by atoms with van der Waals surface area (Å²) < 4.78 is 0. The van der Waals surface area contributed by atoms with Gasteiger partial charge in [-0.1, -0.05) is 44.5 Å². The van der Waals surface area contributed by atoms with Crippen LogP contribution in [0.15, 0.2) is 18.2 Å². The maximum atomic E-state index is 6.45. The van der Waals surface area contributed by atoms with Gasteiger partial charge in [-0.15, -0.1) is 0 Å². The molecule has 1 aromatic rings. The average molecular weight is 283 g/mol. The van der Waals surface area contributed by atoms with Gasteiger partial charge in [-0.3, -0.25) is 0 Å². The van der Waals surface area contributed by atoms with Gasteiger partial charge >= 0.3 is 0 Å². The van der Waals surface area contributed by atoms with Crippen molar-refractivity contribution in [2.45, 2.75) is 59.7 Å². The minimum Gasteiger partial charge on any atom is -0.368 e. The van der Waals surface area contributed by atoms with Gasteiger partial charge in [-0.2, -0.15) is 0 Å². The van der Waals surface area contributed by atoms with Crippen LogP contribution in [-0.4, -0.2) is 18.6 Å². The van der Waals surface area contributed by atoms with Crippen molar-refractivity contribution in [1.29, 1.82) is 0 Å². The number of hydrogen-bond acceptors (Lipinski definition) is 2. The first kappa shape index (κ1) is 16.3. The molecule has 1 rings (SSSR count). The van der Waals surface area contributed by atoms with E-state index < -0.39 is 0 Å². The van der Waals surface area contributed by atoms with Gasteiger partial charge in [0.25, 0.3) is 0 Å². The summed E-state index contributed by atoms with van der Waals surface area (Å²) in [6.45, 7) is 12.8. The quantitative estimate of drug-likeness (QED) is 0.794. The molecule has 1 unspecified atom stereocenters. The molecule has 0 saturated carbocycles. The molecule has 19 heavy (non-hydrogen) atoms. The SMILES string of the molecule is CCC(C)N(CC)c1c(Cl)cccc1CNC(C)C. The number of rotatable bonds is 7. The normalized spacial score (nSPS) is 12.8. The van der Waals surface area contributed by atoms with Crippen molar-refractivity contribution in [2.24, 2.45) is 0 Å². The summed E-state index contributed by atoms with van der Waals surface area (Å²) in [7, 11) is 0. The van der Waals surface area contributed by atoms with Gasteiger partial charge in [0.05, 0.1) is 10.7 Å². The molecule has 0 aliphatic rings. The largest absolute Gasteiger partial charge is 0.368 e. The molecule has 0 saturated heterocycles. The molecule has 0 aromatic heterocycles. The molecule has 0 fully saturated rings. The molecule has 108 valence electrons. The van der Waals surface area contributed by atoms with Crippen LogP contribution in [0, 0.1) is 0 Å². The molecule has 1 atom stereocenters. The van der Waals surface area contributed by atoms with Crippen LogP contribution in [-0.2, 0) is 6.54 Å². The van der Waals surface area contributed by atoms with E-state index in [1.54, 1.807) is 0 Å². The van der Waals surface area contributed by atoms with Crippen molar-refractivity contribution in [3.8, 4) is 0 Å². The smallest absolute Gasteiger partial charge is 0.0643 e. The number of para-hydroxylation sites is 1. The van der Waals surface area contributed by atoms with E-state index in [4.69, 9.17) is 11.6 Å². The highest BCUT2D eigenvalue weighted by Crippen LogP contribution is 2.31. The molecular weight excluding hydrogens is 256 g/mol. The van der Waals surface area contributed by atoms with E-state index in [2.05, 4.69) is 50.9 Å². The van der Waals surface area contributed by atoms with Crippen molar-refractivity contribution in [1.82, 2.24) is 5.32 Å². The summed E-state index contributed by atoms with van der Waals surface area (Å²) in [6, 6.07) is 7.17. The highest BCUT2D eigenvalue weighted by atomic mass is 35.5. The van der Waals surface area contributed by atoms with Gasteiger partial charge in [-0.25, -0.2) is 0 Å². The zero-order valence-corrected chi connectivity index (χ0v) is 13.6. The zero-order valence-electron chi connectivity index (χ0n) is 12.8. The summed E-state index contributed by atoms with van der Waals surface area (Å²) in [6.07, 6.45) is 1.12. The number of nitrogens with zero attached hydrogens (tertiary/aromatic N) is 1. The molecule has 0 aliphatic carbocycles. The first-order chi connectivity index (χ1) is 9.01. The van der Waals surface area contributed by atoms with Gasteiger partial charge in [0, 0.05) is 25.2 Å². The van der Waals surface area contributed by atoms with Gasteiger partial charge in [0.15, 0.2) is 0 Å². The van der Waals surface area contributed by atoms with Crippen LogP contribution in [0.1, 0.15) is 46.6 Å². The summed E-state index contributed by atoms with van der Waals surface area (Å²) in [5.74, 6) is 0. The lowest BCUT2D eigenvalue weighted by atomic mass is 10.1. The molecule has 0 bridgehead atoms. The second-order valence-electron chi connectivity index (χ2n) is 5.33. The van der Waals surface area contributed by atoms with E-state index in [1.807, 2.05) is 12.1 Å². The molecule has 0 spiro atoms. The third kappa shape index (κ3) is 4.39. The Kier molecular flexibility index (Phi) is 6.67. The lowest BCUT2D eigenvalue weighted by Crippen LogP contribution is -2.34. The highest BCUT2D eigenvalue weighted by molar-refractivity contribution is 6.33. The molecule has 0 aliphatic heterocycles. The van der Waals surface area contributed by atoms with Crippen LogP contribution in [0.4, 0.5) is 5.69 Å². The van der Waals surface area contributed by atoms with Crippen molar-refractivity contribution in [3.05, 3.63) is 28.8 Å². The van der Waals surface area contributed by atoms with Gasteiger partial charge in [0.1, 0.15) is 0 Å². The standard InChI is InChI=1S/C16H27ClN2/c1-6-13(5)19(7-2)16-14(11-18-12(3)4)9-8-10-15(16)17/h8-10,12-13,18H,6-7,11H2,1-5H3. The summed E-state index contributed by atoms with van der Waals surface area (Å²) in [5, 5.41) is 4.33. The fraction of sp³-hybridized carbons (Fsp3) is 0.625. The predicted octanol–water partition coefficient (Wildman–Crippen LogP) is 4.46. The van der Waals surface area contributed by atoms with Crippen molar-refractivity contribution in [2.75, 3.05) is 11.4 Å². The predicted molar refractivity (Wildman–Crippen MR) is 86.2 cm³/mol. The Hall–Kier alpha value is -0.730. The van der Waals surface area contributed by atoms with E-state index in [0.29, 0.717) is 12.1 Å². The van der Waals surface area contributed by atoms with Crippen LogP contribution in [0.5, 0.6) is 0 Å². The topological polar surface area (TPSA) is 15.3 Å². The van der Waals surface area contributed by atoms with Crippen LogP contribution < -0.4 is 10.2 Å². The Balaban J connectivity index is 3.08. The van der Waals surface area contributed by atoms with E-state index in [-0.39, 0.29) is 0 Å². The number of anilines is 1. The second kappa shape index (κ2) is 7.76. The summed E-state index contributed by atoms with van der Waals surface area (Å²) >= 11 is 6.45. The Labute approximate surface area is 123 Å². The lowest BCUT2D eigenvalue weighted by molar-refractivity contribution is 0.582. The zero-order chi connectivity index (χ0) is 14.4. The Morgan fingerprint density at radius 1 is 1.21 bits per heavy atom. The summed E-state index contributed by atoms with van der Waals surface area (Å²) in [4.78, 5) is 2.40. The minimum atomic E-state index is 0.477. The van der Waals surface area contributed by atoms with E-state index in [0.717, 1.165) is 24.5 Å². The average Bonchev–Trinajstić information content (AvgIpc) is 2.39. The van der Waals surface area contributed by atoms with Crippen molar-refractivity contribution < 1.29 is 0 Å². The Morgan fingerprint density at radius 3 is 2.42 bits per heavy atom. The first-order valence-corrected chi connectivity index (χ1v) is 7.66. The maximum absolute atomic E-state index is 6.45. The second-order valence-corrected chi connectivity index (χ2v) is 5.73. The molecule has 1 aromatic carbocycles. The molecular formula is C16H27ClN2. The molecule has 2 nitrogen and oxygen atoms in total. The van der Waals surface area contributed by atoms with E-state index >= 15 is 0 Å². The highest BCUT2D eigenvalue weighted by Gasteiger charge is 2.17. The van der Waals surface area contributed by atoms with Gasteiger partial charge < -0.3 is 10.2 Å². The fourth-order valence-electron chi connectivity index (χ4n) is 2.25. The third-order valence-corrected chi connectivity index (χ3v) is 3.83. The Morgan fingerprint density at radius 2 is 1.89 bits per heavy atom. The van der Waals surface area contributed by atoms with Crippen LogP contribution >= 0.6 is 11.6 Å². The van der Waals surface area contributed by atoms with E-state index in [1.165, 1.54) is 11.3 Å². The molecule has 0 amide bonds. The minimum absolute atomic E-state index is 0.477. The summed E-state index contributed by atoms with van der Waals surface area (Å²) in [5.41, 5.74) is 2.47. The maximum Gasteiger partial charge on any atom is 0.0643 e. The number of hydrogen-bond donors (Lipinski definition) is 1. The van der Waals surface area contributed by atoms with Gasteiger partial charge in [-0.05, 0) is 31.9 Å². The van der Waals surface area contributed by atoms with Crippen LogP contribution in [0.3, 0.4) is 0 Å². The molecule has 0 radical (unpaired) electrons. The lowest BCUT2D eigenvalue weighted by Gasteiger charge is -2.32. The van der Waals surface area contributed by atoms with Crippen LogP contribution in [0.25, 0.3) is 0 Å². The Bertz CT molecular complexity index is 390. The first-order valence-electron chi connectivity index (χ1n) is 7.28. The third-order valence-electron chi connectivity index (χ3n) is 3.52. The number of halogens is 1. The molecule has 1 N–H and O–H groups in total. The monoisotopic (exact) mass is 282 g/mol. The van der Waals surface area contributed by atoms with Crippen molar-refractivity contribution >= 4 is 17.3 Å². The number of nitrogens with one attached hydrogen (secondary N) is 1. The van der Waals surface area contributed by atoms with Gasteiger partial charge in [0.2, 0.25) is 0 Å². The molecule has 3 heteroatoms.